The van der Waals surface area contributed by atoms with Gasteiger partial charge in [-0.15, -0.1) is 0 Å². The number of rotatable bonds is 6. The zero-order valence-corrected chi connectivity index (χ0v) is 11.1. The van der Waals surface area contributed by atoms with Gasteiger partial charge in [-0.25, -0.2) is 9.59 Å². The monoisotopic (exact) mass is 257 g/mol. The Morgan fingerprint density at radius 2 is 1.89 bits per heavy atom. The van der Waals surface area contributed by atoms with Crippen molar-refractivity contribution in [1.29, 1.82) is 0 Å². The van der Waals surface area contributed by atoms with Crippen LogP contribution in [-0.2, 0) is 4.79 Å². The molecule has 1 heterocycles. The summed E-state index contributed by atoms with van der Waals surface area (Å²) >= 11 is 0. The molecular formula is C12H23N3O3. The summed E-state index contributed by atoms with van der Waals surface area (Å²) < 4.78 is 0. The molecule has 0 bridgehead atoms. The van der Waals surface area contributed by atoms with Crippen molar-refractivity contribution in [2.75, 3.05) is 26.2 Å². The van der Waals surface area contributed by atoms with Gasteiger partial charge in [0.1, 0.15) is 6.04 Å². The molecule has 104 valence electrons. The van der Waals surface area contributed by atoms with Crippen LogP contribution in [0.2, 0.25) is 0 Å². The van der Waals surface area contributed by atoms with E-state index in [1.807, 2.05) is 0 Å². The minimum Gasteiger partial charge on any atom is -0.480 e. The lowest BCUT2D eigenvalue weighted by Crippen LogP contribution is -2.49. The van der Waals surface area contributed by atoms with Gasteiger partial charge in [0.25, 0.3) is 0 Å². The molecule has 6 nitrogen and oxygen atoms in total. The smallest absolute Gasteiger partial charge is 0.326 e. The van der Waals surface area contributed by atoms with Gasteiger partial charge < -0.3 is 20.6 Å². The van der Waals surface area contributed by atoms with E-state index in [0.29, 0.717) is 6.54 Å². The maximum atomic E-state index is 11.5. The van der Waals surface area contributed by atoms with Crippen molar-refractivity contribution in [3.05, 3.63) is 0 Å². The Morgan fingerprint density at radius 1 is 1.28 bits per heavy atom. The van der Waals surface area contributed by atoms with Gasteiger partial charge in [-0.3, -0.25) is 0 Å². The number of carbonyl (C=O) groups is 2. The molecule has 0 radical (unpaired) electrons. The molecule has 0 aromatic rings. The van der Waals surface area contributed by atoms with Gasteiger partial charge in [-0.2, -0.15) is 0 Å². The molecule has 0 aromatic heterocycles. The second-order valence-corrected chi connectivity index (χ2v) is 5.01. The number of urea groups is 1. The number of aliphatic carboxylic acids is 1. The highest BCUT2D eigenvalue weighted by molar-refractivity contribution is 5.82. The fourth-order valence-electron chi connectivity index (χ4n) is 2.04. The SMILES string of the molecule is CC(C)[C@@H](NC(=O)NCCN1CCCC1)C(=O)O. The van der Waals surface area contributed by atoms with E-state index in [2.05, 4.69) is 15.5 Å². The molecule has 6 heteroatoms. The van der Waals surface area contributed by atoms with Gasteiger partial charge in [0.05, 0.1) is 0 Å². The summed E-state index contributed by atoms with van der Waals surface area (Å²) in [7, 11) is 0. The molecule has 1 aliphatic rings. The van der Waals surface area contributed by atoms with Crippen molar-refractivity contribution in [1.82, 2.24) is 15.5 Å². The molecule has 18 heavy (non-hydrogen) atoms. The first-order chi connectivity index (χ1) is 8.50. The highest BCUT2D eigenvalue weighted by Gasteiger charge is 2.23. The number of carboxylic acids is 1. The number of amides is 2. The van der Waals surface area contributed by atoms with Gasteiger partial charge in [0.15, 0.2) is 0 Å². The highest BCUT2D eigenvalue weighted by Crippen LogP contribution is 2.05. The molecule has 1 saturated heterocycles. The molecule has 2 amide bonds. The minimum absolute atomic E-state index is 0.133. The molecule has 3 N–H and O–H groups in total. The van der Waals surface area contributed by atoms with E-state index in [0.717, 1.165) is 19.6 Å². The average molecular weight is 257 g/mol. The number of hydrogen-bond donors (Lipinski definition) is 3. The minimum atomic E-state index is -1.00. The van der Waals surface area contributed by atoms with E-state index in [4.69, 9.17) is 5.11 Å². The van der Waals surface area contributed by atoms with E-state index in [9.17, 15) is 9.59 Å². The van der Waals surface area contributed by atoms with E-state index in [1.165, 1.54) is 12.8 Å². The van der Waals surface area contributed by atoms with Gasteiger partial charge in [0, 0.05) is 13.1 Å². The largest absolute Gasteiger partial charge is 0.480 e. The highest BCUT2D eigenvalue weighted by atomic mass is 16.4. The maximum Gasteiger partial charge on any atom is 0.326 e. The van der Waals surface area contributed by atoms with E-state index < -0.39 is 18.0 Å². The van der Waals surface area contributed by atoms with Crippen LogP contribution in [0, 0.1) is 5.92 Å². The third-order valence-corrected chi connectivity index (χ3v) is 3.13. The molecule has 1 aliphatic heterocycles. The fourth-order valence-corrected chi connectivity index (χ4v) is 2.04. The lowest BCUT2D eigenvalue weighted by atomic mass is 10.1. The second-order valence-electron chi connectivity index (χ2n) is 5.01. The zero-order valence-electron chi connectivity index (χ0n) is 11.1. The first-order valence-corrected chi connectivity index (χ1v) is 6.50. The van der Waals surface area contributed by atoms with Crippen LogP contribution in [0.15, 0.2) is 0 Å². The van der Waals surface area contributed by atoms with Crippen LogP contribution < -0.4 is 10.6 Å². The van der Waals surface area contributed by atoms with Crippen molar-refractivity contribution in [3.8, 4) is 0 Å². The molecule has 0 saturated carbocycles. The first kappa shape index (κ1) is 14.8. The predicted octanol–water partition coefficient (Wildman–Crippen LogP) is 0.491. The van der Waals surface area contributed by atoms with Crippen molar-refractivity contribution >= 4 is 12.0 Å². The van der Waals surface area contributed by atoms with Gasteiger partial charge in [-0.1, -0.05) is 13.8 Å². The second kappa shape index (κ2) is 7.20. The lowest BCUT2D eigenvalue weighted by Gasteiger charge is -2.19. The van der Waals surface area contributed by atoms with Crippen LogP contribution in [0.25, 0.3) is 0 Å². The molecule has 1 atom stereocenters. The van der Waals surface area contributed by atoms with Gasteiger partial charge in [-0.05, 0) is 31.8 Å². The van der Waals surface area contributed by atoms with Crippen LogP contribution in [0.4, 0.5) is 4.79 Å². The van der Waals surface area contributed by atoms with Crippen LogP contribution >= 0.6 is 0 Å². The summed E-state index contributed by atoms with van der Waals surface area (Å²) in [5.74, 6) is -1.13. The Kier molecular flexibility index (Phi) is 5.91. The van der Waals surface area contributed by atoms with Crippen LogP contribution in [-0.4, -0.2) is 54.2 Å². The van der Waals surface area contributed by atoms with Crippen molar-refractivity contribution in [3.63, 3.8) is 0 Å². The standard InChI is InChI=1S/C12H23N3O3/c1-9(2)10(11(16)17)14-12(18)13-5-8-15-6-3-4-7-15/h9-10H,3-8H2,1-2H3,(H,16,17)(H2,13,14,18)/t10-/m1/s1. The molecule has 1 rings (SSSR count). The van der Waals surface area contributed by atoms with Crippen LogP contribution in [0.3, 0.4) is 0 Å². The summed E-state index contributed by atoms with van der Waals surface area (Å²) in [6, 6.07) is -1.24. The van der Waals surface area contributed by atoms with E-state index >= 15 is 0 Å². The molecule has 0 spiro atoms. The van der Waals surface area contributed by atoms with Gasteiger partial charge >= 0.3 is 12.0 Å². The Bertz CT molecular complexity index is 288. The van der Waals surface area contributed by atoms with Crippen molar-refractivity contribution in [2.45, 2.75) is 32.7 Å². The third kappa shape index (κ3) is 4.91. The number of likely N-dealkylation sites (tertiary alicyclic amines) is 1. The number of carboxylic acid groups (broad SMARTS) is 1. The summed E-state index contributed by atoms with van der Waals surface area (Å²) in [4.78, 5) is 24.7. The summed E-state index contributed by atoms with van der Waals surface area (Å²) in [5.41, 5.74) is 0. The predicted molar refractivity (Wildman–Crippen MR) is 68.5 cm³/mol. The number of nitrogens with one attached hydrogen (secondary N) is 2. The van der Waals surface area contributed by atoms with Crippen molar-refractivity contribution < 1.29 is 14.7 Å². The fraction of sp³-hybridized carbons (Fsp3) is 0.833. The van der Waals surface area contributed by atoms with Crippen molar-refractivity contribution in [2.24, 2.45) is 5.92 Å². The van der Waals surface area contributed by atoms with Crippen LogP contribution in [0.5, 0.6) is 0 Å². The Labute approximate surface area is 108 Å². The van der Waals surface area contributed by atoms with Crippen LogP contribution in [0.1, 0.15) is 26.7 Å². The number of nitrogens with zero attached hydrogens (tertiary/aromatic N) is 1. The topological polar surface area (TPSA) is 81.7 Å². The molecule has 1 fully saturated rings. The Hall–Kier alpha value is -1.30. The molecule has 0 aromatic carbocycles. The Morgan fingerprint density at radius 3 is 2.39 bits per heavy atom. The normalized spacial score (nSPS) is 17.7. The zero-order chi connectivity index (χ0) is 13.5. The Balaban J connectivity index is 2.21. The van der Waals surface area contributed by atoms with Gasteiger partial charge in [0.2, 0.25) is 0 Å². The quantitative estimate of drug-likeness (QED) is 0.647. The van der Waals surface area contributed by atoms with E-state index in [1.54, 1.807) is 13.8 Å². The molecule has 0 aliphatic carbocycles. The summed E-state index contributed by atoms with van der Waals surface area (Å²) in [6.45, 7) is 7.09. The molecular weight excluding hydrogens is 234 g/mol. The number of carbonyl (C=O) groups excluding carboxylic acids is 1. The lowest BCUT2D eigenvalue weighted by molar-refractivity contribution is -0.140. The maximum absolute atomic E-state index is 11.5. The summed E-state index contributed by atoms with van der Waals surface area (Å²) in [6.07, 6.45) is 2.45. The average Bonchev–Trinajstić information content (AvgIpc) is 2.78. The first-order valence-electron chi connectivity index (χ1n) is 6.50. The molecule has 0 unspecified atom stereocenters. The third-order valence-electron chi connectivity index (χ3n) is 3.13. The van der Waals surface area contributed by atoms with E-state index in [-0.39, 0.29) is 5.92 Å². The number of hydrogen-bond acceptors (Lipinski definition) is 3. The summed E-state index contributed by atoms with van der Waals surface area (Å²) in [5, 5.41) is 14.1.